The van der Waals surface area contributed by atoms with Crippen molar-refractivity contribution in [3.05, 3.63) is 66.1 Å². The molecule has 1 unspecified atom stereocenters. The summed E-state index contributed by atoms with van der Waals surface area (Å²) in [6.07, 6.45) is 2.73. The average molecular weight is 490 g/mol. The number of fused-ring (bicyclic) bond motifs is 1. The Kier molecular flexibility index (Phi) is 6.80. The first-order valence-corrected chi connectivity index (χ1v) is 11.0. The van der Waals surface area contributed by atoms with E-state index in [0.717, 1.165) is 0 Å². The zero-order valence-corrected chi connectivity index (χ0v) is 19.9. The fourth-order valence-electron chi connectivity index (χ4n) is 3.42. The van der Waals surface area contributed by atoms with E-state index in [4.69, 9.17) is 10.00 Å². The minimum absolute atomic E-state index is 0.165. The van der Waals surface area contributed by atoms with E-state index in [-0.39, 0.29) is 12.1 Å². The molecule has 10 nitrogen and oxygen atoms in total. The minimum Gasteiger partial charge on any atom is -0.481 e. The van der Waals surface area contributed by atoms with E-state index >= 15 is 0 Å². The molecule has 0 spiro atoms. The predicted octanol–water partition coefficient (Wildman–Crippen LogP) is 3.25. The highest BCUT2D eigenvalue weighted by Gasteiger charge is 2.27. The van der Waals surface area contributed by atoms with Crippen LogP contribution in [0.1, 0.15) is 29.8 Å². The second-order valence-corrected chi connectivity index (χ2v) is 8.57. The summed E-state index contributed by atoms with van der Waals surface area (Å²) in [5, 5.41) is 29.0. The number of carbonyl (C=O) groups is 1. The van der Waals surface area contributed by atoms with Gasteiger partial charge in [0, 0.05) is 24.1 Å². The summed E-state index contributed by atoms with van der Waals surface area (Å²) in [5.74, 6) is -0.193. The van der Waals surface area contributed by atoms with Crippen molar-refractivity contribution in [1.29, 1.82) is 5.26 Å². The number of aliphatic hydroxyl groups is 1. The van der Waals surface area contributed by atoms with Gasteiger partial charge in [-0.2, -0.15) is 10.4 Å². The van der Waals surface area contributed by atoms with Crippen molar-refractivity contribution in [2.45, 2.75) is 25.6 Å². The summed E-state index contributed by atoms with van der Waals surface area (Å²) in [7, 11) is 1.49. The third-order valence-electron chi connectivity index (χ3n) is 5.47. The Morgan fingerprint density at radius 3 is 2.78 bits per heavy atom. The van der Waals surface area contributed by atoms with Crippen LogP contribution in [0.3, 0.4) is 0 Å². The molecule has 184 valence electrons. The first kappa shape index (κ1) is 24.6. The number of ether oxygens (including phenoxy) is 1. The van der Waals surface area contributed by atoms with Crippen molar-refractivity contribution in [3.63, 3.8) is 0 Å². The minimum atomic E-state index is -1.66. The lowest BCUT2D eigenvalue weighted by molar-refractivity contribution is -0.00177. The monoisotopic (exact) mass is 489 g/mol. The van der Waals surface area contributed by atoms with Crippen molar-refractivity contribution < 1.29 is 19.0 Å². The van der Waals surface area contributed by atoms with Gasteiger partial charge in [0.25, 0.3) is 5.91 Å². The van der Waals surface area contributed by atoms with Gasteiger partial charge in [-0.05, 0) is 44.2 Å². The molecule has 1 amide bonds. The van der Waals surface area contributed by atoms with Crippen molar-refractivity contribution >= 4 is 22.8 Å². The Morgan fingerprint density at radius 1 is 1.25 bits per heavy atom. The molecule has 0 radical (unpaired) electrons. The third kappa shape index (κ3) is 5.24. The van der Waals surface area contributed by atoms with Crippen LogP contribution in [0.5, 0.6) is 5.88 Å². The zero-order valence-electron chi connectivity index (χ0n) is 19.9. The smallest absolute Gasteiger partial charge is 0.255 e. The number of carbonyl (C=O) groups excluding carboxylic acids is 1. The number of nitrogens with zero attached hydrogens (tertiary/aromatic N) is 5. The summed E-state index contributed by atoms with van der Waals surface area (Å²) >= 11 is 0. The largest absolute Gasteiger partial charge is 0.481 e. The highest BCUT2D eigenvalue weighted by atomic mass is 19.1. The SMILES string of the molecule is COc1cc(Nc2cc(-c3ccc4cc(C#N)cnn34)ncc2C(=O)NCC(F)C(C)(C)O)ccn1. The number of alkyl halides is 1. The van der Waals surface area contributed by atoms with Gasteiger partial charge >= 0.3 is 0 Å². The molecule has 0 aliphatic heterocycles. The van der Waals surface area contributed by atoms with E-state index in [1.54, 1.807) is 35.0 Å². The molecule has 0 aliphatic rings. The topological polar surface area (TPSA) is 137 Å². The number of halogens is 1. The standard InChI is InChI=1S/C25H24FN7O3/c1-25(2,35)22(26)14-30-24(34)18-13-29-20(10-19(18)32-16-6-7-28-23(9-16)36-3)21-5-4-17-8-15(11-27)12-31-33(17)21/h4-10,12-13,22,35H,14H2,1-3H3,(H,30,34)(H,28,29,32). The molecule has 4 aromatic heterocycles. The van der Waals surface area contributed by atoms with Crippen molar-refractivity contribution in [2.75, 3.05) is 19.0 Å². The number of rotatable bonds is 8. The zero-order chi connectivity index (χ0) is 25.9. The van der Waals surface area contributed by atoms with Crippen LogP contribution in [0.25, 0.3) is 16.9 Å². The van der Waals surface area contributed by atoms with Crippen LogP contribution in [0.4, 0.5) is 15.8 Å². The molecule has 0 bridgehead atoms. The van der Waals surface area contributed by atoms with E-state index in [0.29, 0.717) is 39.7 Å². The van der Waals surface area contributed by atoms with Gasteiger partial charge in [-0.1, -0.05) is 0 Å². The van der Waals surface area contributed by atoms with Gasteiger partial charge in [-0.15, -0.1) is 0 Å². The lowest BCUT2D eigenvalue weighted by Crippen LogP contribution is -2.42. The molecule has 1 atom stereocenters. The van der Waals surface area contributed by atoms with Gasteiger partial charge in [0.2, 0.25) is 5.88 Å². The lowest BCUT2D eigenvalue weighted by atomic mass is 10.0. The Bertz CT molecular complexity index is 1460. The Labute approximate surface area is 206 Å². The summed E-state index contributed by atoms with van der Waals surface area (Å²) in [6.45, 7) is 2.29. The van der Waals surface area contributed by atoms with Crippen LogP contribution in [-0.4, -0.2) is 56.0 Å². The van der Waals surface area contributed by atoms with Crippen molar-refractivity contribution in [3.8, 4) is 23.3 Å². The number of hydrogen-bond donors (Lipinski definition) is 3. The van der Waals surface area contributed by atoms with E-state index in [2.05, 4.69) is 31.8 Å². The maximum atomic E-state index is 14.2. The third-order valence-corrected chi connectivity index (χ3v) is 5.47. The highest BCUT2D eigenvalue weighted by molar-refractivity contribution is 6.00. The lowest BCUT2D eigenvalue weighted by Gasteiger charge is -2.22. The number of aromatic nitrogens is 4. The van der Waals surface area contributed by atoms with E-state index < -0.39 is 17.7 Å². The molecule has 11 heteroatoms. The summed E-state index contributed by atoms with van der Waals surface area (Å²) in [6, 6.07) is 12.4. The second kappa shape index (κ2) is 9.97. The molecule has 4 heterocycles. The Morgan fingerprint density at radius 2 is 2.06 bits per heavy atom. The molecule has 0 fully saturated rings. The molecule has 4 aromatic rings. The summed E-state index contributed by atoms with van der Waals surface area (Å²) < 4.78 is 21.0. The predicted molar refractivity (Wildman–Crippen MR) is 131 cm³/mol. The molecule has 0 saturated heterocycles. The van der Waals surface area contributed by atoms with E-state index in [1.807, 2.05) is 12.1 Å². The van der Waals surface area contributed by atoms with Crippen molar-refractivity contribution in [2.24, 2.45) is 0 Å². The maximum absolute atomic E-state index is 14.2. The molecular formula is C25H24FN7O3. The number of nitrogens with one attached hydrogen (secondary N) is 2. The number of anilines is 2. The number of pyridine rings is 2. The molecule has 0 aliphatic carbocycles. The second-order valence-electron chi connectivity index (χ2n) is 8.57. The van der Waals surface area contributed by atoms with Crippen LogP contribution >= 0.6 is 0 Å². The molecule has 0 aromatic carbocycles. The van der Waals surface area contributed by atoms with E-state index in [1.165, 1.54) is 33.4 Å². The number of hydrogen-bond acceptors (Lipinski definition) is 8. The van der Waals surface area contributed by atoms with Crippen LogP contribution in [0, 0.1) is 11.3 Å². The van der Waals surface area contributed by atoms with Crippen molar-refractivity contribution in [1.82, 2.24) is 24.9 Å². The first-order valence-electron chi connectivity index (χ1n) is 11.0. The quantitative estimate of drug-likeness (QED) is 0.343. The average Bonchev–Trinajstić information content (AvgIpc) is 3.29. The van der Waals surface area contributed by atoms with Gasteiger partial charge in [0.15, 0.2) is 0 Å². The Balaban J connectivity index is 1.72. The van der Waals surface area contributed by atoms with Crippen LogP contribution in [-0.2, 0) is 0 Å². The van der Waals surface area contributed by atoms with Gasteiger partial charge in [0.1, 0.15) is 12.2 Å². The normalized spacial score (nSPS) is 12.1. The number of methoxy groups -OCH3 is 1. The fraction of sp³-hybridized carbons (Fsp3) is 0.240. The molecule has 36 heavy (non-hydrogen) atoms. The van der Waals surface area contributed by atoms with Gasteiger partial charge < -0.3 is 20.5 Å². The number of amides is 1. The van der Waals surface area contributed by atoms with E-state index in [9.17, 15) is 14.3 Å². The first-order chi connectivity index (χ1) is 17.2. The summed E-state index contributed by atoms with van der Waals surface area (Å²) in [5.41, 5.74) is 1.85. The number of nitriles is 1. The molecular weight excluding hydrogens is 465 g/mol. The maximum Gasteiger partial charge on any atom is 0.255 e. The van der Waals surface area contributed by atoms with Crippen LogP contribution in [0.2, 0.25) is 0 Å². The van der Waals surface area contributed by atoms with Crippen LogP contribution < -0.4 is 15.4 Å². The van der Waals surface area contributed by atoms with Gasteiger partial charge in [0.05, 0.1) is 59.2 Å². The molecule has 3 N–H and O–H groups in total. The molecule has 0 saturated carbocycles. The fourth-order valence-corrected chi connectivity index (χ4v) is 3.42. The summed E-state index contributed by atoms with van der Waals surface area (Å²) in [4.78, 5) is 21.5. The highest BCUT2D eigenvalue weighted by Crippen LogP contribution is 2.28. The van der Waals surface area contributed by atoms with Crippen LogP contribution in [0.15, 0.2) is 55.0 Å². The van der Waals surface area contributed by atoms with Gasteiger partial charge in [-0.25, -0.2) is 13.9 Å². The molecule has 4 rings (SSSR count). The Hall–Kier alpha value is -4.56. The van der Waals surface area contributed by atoms with Gasteiger partial charge in [-0.3, -0.25) is 9.78 Å².